The zero-order valence-corrected chi connectivity index (χ0v) is 11.6. The molecule has 0 aliphatic carbocycles. The molecule has 2 heterocycles. The second-order valence-electron chi connectivity index (χ2n) is 3.82. The lowest BCUT2D eigenvalue weighted by atomic mass is 10.1. The van der Waals surface area contributed by atoms with Crippen molar-refractivity contribution in [3.63, 3.8) is 0 Å². The van der Waals surface area contributed by atoms with Crippen molar-refractivity contribution in [3.8, 4) is 0 Å². The Labute approximate surface area is 114 Å². The van der Waals surface area contributed by atoms with E-state index in [-0.39, 0.29) is 6.04 Å². The predicted octanol–water partition coefficient (Wildman–Crippen LogP) is 1.20. The zero-order chi connectivity index (χ0) is 13.0. The minimum atomic E-state index is -0.0763. The Morgan fingerprint density at radius 3 is 2.89 bits per heavy atom. The Morgan fingerprint density at radius 1 is 1.44 bits per heavy atom. The van der Waals surface area contributed by atoms with E-state index in [1.807, 2.05) is 23.7 Å². The number of hydrogen-bond acceptors (Lipinski definition) is 5. The molecular weight excluding hydrogens is 296 g/mol. The lowest BCUT2D eigenvalue weighted by Gasteiger charge is -2.15. The third kappa shape index (κ3) is 2.92. The molecule has 2 aromatic heterocycles. The minimum absolute atomic E-state index is 0.0763. The SMILES string of the molecule is CCn1ncnc1CC(NN)c1ccc(Br)cn1. The molecule has 2 aromatic rings. The summed E-state index contributed by atoms with van der Waals surface area (Å²) in [6, 6.07) is 3.80. The molecule has 0 aliphatic rings. The Kier molecular flexibility index (Phi) is 4.40. The van der Waals surface area contributed by atoms with Crippen molar-refractivity contribution in [1.82, 2.24) is 25.2 Å². The van der Waals surface area contributed by atoms with E-state index < -0.39 is 0 Å². The molecule has 3 N–H and O–H groups in total. The van der Waals surface area contributed by atoms with Crippen LogP contribution in [0.1, 0.15) is 24.5 Å². The van der Waals surface area contributed by atoms with Crippen molar-refractivity contribution in [2.75, 3.05) is 0 Å². The molecule has 0 aromatic carbocycles. The van der Waals surface area contributed by atoms with Crippen molar-refractivity contribution in [1.29, 1.82) is 0 Å². The molecule has 0 amide bonds. The smallest absolute Gasteiger partial charge is 0.138 e. The average molecular weight is 311 g/mol. The number of aryl methyl sites for hydroxylation is 1. The fourth-order valence-electron chi connectivity index (χ4n) is 1.74. The highest BCUT2D eigenvalue weighted by Gasteiger charge is 2.15. The van der Waals surface area contributed by atoms with Gasteiger partial charge in [-0.1, -0.05) is 0 Å². The van der Waals surface area contributed by atoms with E-state index in [1.165, 1.54) is 0 Å². The first-order valence-electron chi connectivity index (χ1n) is 5.68. The highest BCUT2D eigenvalue weighted by Crippen LogP contribution is 2.16. The lowest BCUT2D eigenvalue weighted by Crippen LogP contribution is -2.31. The van der Waals surface area contributed by atoms with Crippen LogP contribution in [0.5, 0.6) is 0 Å². The van der Waals surface area contributed by atoms with Crippen LogP contribution in [0.15, 0.2) is 29.1 Å². The van der Waals surface area contributed by atoms with Gasteiger partial charge in [0, 0.05) is 23.6 Å². The van der Waals surface area contributed by atoms with Crippen molar-refractivity contribution in [2.45, 2.75) is 25.9 Å². The van der Waals surface area contributed by atoms with Crippen LogP contribution in [0.4, 0.5) is 0 Å². The van der Waals surface area contributed by atoms with Gasteiger partial charge in [-0.05, 0) is 35.0 Å². The van der Waals surface area contributed by atoms with Gasteiger partial charge in [0.25, 0.3) is 0 Å². The first-order valence-corrected chi connectivity index (χ1v) is 6.48. The topological polar surface area (TPSA) is 81.7 Å². The Morgan fingerprint density at radius 2 is 2.28 bits per heavy atom. The fraction of sp³-hybridized carbons (Fsp3) is 0.364. The summed E-state index contributed by atoms with van der Waals surface area (Å²) in [7, 11) is 0. The van der Waals surface area contributed by atoms with Crippen LogP contribution in [0, 0.1) is 0 Å². The molecule has 0 bridgehead atoms. The molecule has 1 unspecified atom stereocenters. The minimum Gasteiger partial charge on any atom is -0.271 e. The Hall–Kier alpha value is -1.31. The van der Waals surface area contributed by atoms with Crippen LogP contribution in [-0.4, -0.2) is 19.7 Å². The van der Waals surface area contributed by atoms with Crippen LogP contribution >= 0.6 is 15.9 Å². The number of hydrazine groups is 1. The summed E-state index contributed by atoms with van der Waals surface area (Å²) >= 11 is 3.36. The van der Waals surface area contributed by atoms with E-state index in [0.717, 1.165) is 22.5 Å². The van der Waals surface area contributed by atoms with Crippen molar-refractivity contribution in [3.05, 3.63) is 40.6 Å². The highest BCUT2D eigenvalue weighted by molar-refractivity contribution is 9.10. The maximum atomic E-state index is 5.59. The van der Waals surface area contributed by atoms with Crippen LogP contribution in [0.25, 0.3) is 0 Å². The molecule has 18 heavy (non-hydrogen) atoms. The van der Waals surface area contributed by atoms with Crippen LogP contribution in [-0.2, 0) is 13.0 Å². The third-order valence-electron chi connectivity index (χ3n) is 2.69. The van der Waals surface area contributed by atoms with Crippen molar-refractivity contribution in [2.24, 2.45) is 5.84 Å². The Bertz CT molecular complexity index is 494. The van der Waals surface area contributed by atoms with E-state index in [4.69, 9.17) is 5.84 Å². The second-order valence-corrected chi connectivity index (χ2v) is 4.73. The van der Waals surface area contributed by atoms with Gasteiger partial charge in [-0.25, -0.2) is 4.98 Å². The molecule has 0 saturated carbocycles. The molecule has 0 radical (unpaired) electrons. The van der Waals surface area contributed by atoms with Gasteiger partial charge in [-0.15, -0.1) is 0 Å². The number of nitrogens with zero attached hydrogens (tertiary/aromatic N) is 4. The number of aromatic nitrogens is 4. The maximum absolute atomic E-state index is 5.59. The van der Waals surface area contributed by atoms with Gasteiger partial charge < -0.3 is 0 Å². The molecular formula is C11H15BrN6. The first kappa shape index (κ1) is 13.1. The van der Waals surface area contributed by atoms with Crippen LogP contribution in [0.3, 0.4) is 0 Å². The van der Waals surface area contributed by atoms with Gasteiger partial charge in [-0.3, -0.25) is 20.9 Å². The average Bonchev–Trinajstić information content (AvgIpc) is 2.84. The second kappa shape index (κ2) is 6.03. The summed E-state index contributed by atoms with van der Waals surface area (Å²) in [5.41, 5.74) is 3.65. The van der Waals surface area contributed by atoms with Crippen LogP contribution in [0.2, 0.25) is 0 Å². The molecule has 0 spiro atoms. The predicted molar refractivity (Wildman–Crippen MR) is 71.4 cm³/mol. The number of rotatable bonds is 5. The largest absolute Gasteiger partial charge is 0.271 e. The number of hydrogen-bond donors (Lipinski definition) is 2. The van der Waals surface area contributed by atoms with Gasteiger partial charge >= 0.3 is 0 Å². The normalized spacial score (nSPS) is 12.6. The summed E-state index contributed by atoms with van der Waals surface area (Å²) in [6.45, 7) is 2.82. The van der Waals surface area contributed by atoms with Crippen molar-refractivity contribution < 1.29 is 0 Å². The molecule has 7 heteroatoms. The standard InChI is InChI=1S/C11H15BrN6/c1-2-18-11(15-7-16-18)5-10(17-13)9-4-3-8(12)6-14-9/h3-4,6-7,10,17H,2,5,13H2,1H3. The summed E-state index contributed by atoms with van der Waals surface area (Å²) in [5.74, 6) is 6.49. The molecule has 0 aliphatic heterocycles. The van der Waals surface area contributed by atoms with Gasteiger partial charge in [0.2, 0.25) is 0 Å². The maximum Gasteiger partial charge on any atom is 0.138 e. The summed E-state index contributed by atoms with van der Waals surface area (Å²) in [6.07, 6.45) is 3.96. The quantitative estimate of drug-likeness (QED) is 0.640. The number of nitrogens with two attached hydrogens (primary N) is 1. The number of nitrogens with one attached hydrogen (secondary N) is 1. The summed E-state index contributed by atoms with van der Waals surface area (Å²) < 4.78 is 2.79. The van der Waals surface area contributed by atoms with Gasteiger partial charge in [0.05, 0.1) is 11.7 Å². The van der Waals surface area contributed by atoms with Gasteiger partial charge in [0.1, 0.15) is 12.2 Å². The fourth-order valence-corrected chi connectivity index (χ4v) is 1.97. The first-order chi connectivity index (χ1) is 8.74. The highest BCUT2D eigenvalue weighted by atomic mass is 79.9. The van der Waals surface area contributed by atoms with E-state index in [0.29, 0.717) is 6.42 Å². The summed E-state index contributed by atoms with van der Waals surface area (Å²) in [4.78, 5) is 8.58. The van der Waals surface area contributed by atoms with E-state index in [1.54, 1.807) is 12.5 Å². The van der Waals surface area contributed by atoms with Gasteiger partial charge in [0.15, 0.2) is 0 Å². The van der Waals surface area contributed by atoms with Crippen LogP contribution < -0.4 is 11.3 Å². The van der Waals surface area contributed by atoms with Crippen molar-refractivity contribution >= 4 is 15.9 Å². The molecule has 0 fully saturated rings. The zero-order valence-electron chi connectivity index (χ0n) is 10.0. The lowest BCUT2D eigenvalue weighted by molar-refractivity contribution is 0.501. The van der Waals surface area contributed by atoms with E-state index in [9.17, 15) is 0 Å². The number of pyridine rings is 1. The van der Waals surface area contributed by atoms with E-state index >= 15 is 0 Å². The number of halogens is 1. The Balaban J connectivity index is 2.17. The molecule has 1 atom stereocenters. The molecule has 6 nitrogen and oxygen atoms in total. The summed E-state index contributed by atoms with van der Waals surface area (Å²) in [5, 5.41) is 4.14. The molecule has 96 valence electrons. The monoisotopic (exact) mass is 310 g/mol. The van der Waals surface area contributed by atoms with Gasteiger partial charge in [-0.2, -0.15) is 5.10 Å². The third-order valence-corrected chi connectivity index (χ3v) is 3.16. The van der Waals surface area contributed by atoms with E-state index in [2.05, 4.69) is 36.4 Å². The molecule has 2 rings (SSSR count). The molecule has 0 saturated heterocycles.